The zero-order valence-corrected chi connectivity index (χ0v) is 23.5. The average Bonchev–Trinajstić information content (AvgIpc) is 3.42. The molecule has 3 N–H and O–H groups in total. The molecule has 0 amide bonds. The highest BCUT2D eigenvalue weighted by Crippen LogP contribution is 2.49. The zero-order chi connectivity index (χ0) is 27.1. The number of hydrogen-bond acceptors (Lipinski definition) is 10. The van der Waals surface area contributed by atoms with Gasteiger partial charge in [0.15, 0.2) is 6.73 Å². The summed E-state index contributed by atoms with van der Waals surface area (Å²) in [5.74, 6) is 0.0741. The molecule has 3 aliphatic rings. The maximum atomic E-state index is 12.8. The minimum Gasteiger partial charge on any atom is -0.471 e. The van der Waals surface area contributed by atoms with Crippen LogP contribution in [0.4, 0.5) is 17.1 Å². The summed E-state index contributed by atoms with van der Waals surface area (Å²) in [6.07, 6.45) is 1.77. The van der Waals surface area contributed by atoms with E-state index < -0.39 is 14.2 Å². The van der Waals surface area contributed by atoms with Gasteiger partial charge in [0, 0.05) is 40.7 Å². The molecule has 3 atom stereocenters. The Hall–Kier alpha value is -3.05. The summed E-state index contributed by atoms with van der Waals surface area (Å²) in [6.45, 7) is 9.41. The van der Waals surface area contributed by atoms with Crippen LogP contribution < -0.4 is 25.3 Å². The van der Waals surface area contributed by atoms with E-state index in [0.717, 1.165) is 39.5 Å². The van der Waals surface area contributed by atoms with E-state index in [1.54, 1.807) is 6.21 Å². The maximum absolute atomic E-state index is 12.8. The Kier molecular flexibility index (Phi) is 7.17. The lowest BCUT2D eigenvalue weighted by molar-refractivity contribution is -0.0955. The number of fused-ring (bicyclic) bond motifs is 3. The van der Waals surface area contributed by atoms with Gasteiger partial charge in [0.25, 0.3) is 6.73 Å². The summed E-state index contributed by atoms with van der Waals surface area (Å²) < 4.78 is 29.8. The molecule has 38 heavy (non-hydrogen) atoms. The molecule has 2 aromatic carbocycles. The van der Waals surface area contributed by atoms with Gasteiger partial charge >= 0.3 is 14.2 Å². The number of likely N-dealkylation sites (N-methyl/N-ethyl adjacent to an activating group) is 1. The van der Waals surface area contributed by atoms with Crippen molar-refractivity contribution in [3.63, 3.8) is 0 Å². The molecule has 202 valence electrons. The fraction of sp³-hybridized carbons (Fsp3) is 0.423. The van der Waals surface area contributed by atoms with Gasteiger partial charge in [-0.25, -0.2) is 5.48 Å². The Morgan fingerprint density at radius 3 is 2.66 bits per heavy atom. The topological polar surface area (TPSA) is 106 Å². The molecular formula is C26H35N6O5P+2. The number of ether oxygens (including phenoxy) is 1. The SMILES string of the molecule is CC1=C2NOC(Nc3cc(C)c(C)c(C)c3)(N=C1)[N+]2(CO[P+](=O)OCCN(C)C)c1ccc2c(c1)NCO2. The van der Waals surface area contributed by atoms with Gasteiger partial charge in [0.1, 0.15) is 18.0 Å². The molecule has 0 aliphatic carbocycles. The summed E-state index contributed by atoms with van der Waals surface area (Å²) in [6, 6.07) is 9.97. The number of rotatable bonds is 10. The molecule has 0 radical (unpaired) electrons. The largest absolute Gasteiger partial charge is 0.703 e. The molecule has 1 saturated heterocycles. The lowest BCUT2D eigenvalue weighted by atomic mass is 10.0. The van der Waals surface area contributed by atoms with Crippen LogP contribution in [0.2, 0.25) is 0 Å². The number of allylic oxidation sites excluding steroid dienone is 1. The van der Waals surface area contributed by atoms with Gasteiger partial charge in [0.2, 0.25) is 5.82 Å². The van der Waals surface area contributed by atoms with E-state index in [4.69, 9.17) is 23.6 Å². The minimum atomic E-state index is -2.40. The van der Waals surface area contributed by atoms with Gasteiger partial charge in [-0.3, -0.25) is 5.32 Å². The van der Waals surface area contributed by atoms with Crippen LogP contribution in [0.3, 0.4) is 0 Å². The van der Waals surface area contributed by atoms with Gasteiger partial charge in [0.05, 0.1) is 5.69 Å². The molecule has 11 nitrogen and oxygen atoms in total. The van der Waals surface area contributed by atoms with Crippen molar-refractivity contribution in [2.75, 3.05) is 51.3 Å². The highest BCUT2D eigenvalue weighted by atomic mass is 31.1. The number of nitrogens with one attached hydrogen (secondary N) is 3. The maximum Gasteiger partial charge on any atom is 0.703 e. The lowest BCUT2D eigenvalue weighted by Crippen LogP contribution is -2.67. The molecular weight excluding hydrogens is 507 g/mol. The van der Waals surface area contributed by atoms with E-state index in [1.807, 2.05) is 44.1 Å². The number of anilines is 2. The summed E-state index contributed by atoms with van der Waals surface area (Å²) in [5.41, 5.74) is 9.94. The van der Waals surface area contributed by atoms with E-state index in [9.17, 15) is 4.57 Å². The fourth-order valence-corrected chi connectivity index (χ4v) is 5.41. The second kappa shape index (κ2) is 10.3. The monoisotopic (exact) mass is 542 g/mol. The number of aryl methyl sites for hydroxylation is 2. The Labute approximate surface area is 223 Å². The van der Waals surface area contributed by atoms with E-state index in [2.05, 4.69) is 49.0 Å². The van der Waals surface area contributed by atoms with Crippen LogP contribution in [0.1, 0.15) is 23.6 Å². The van der Waals surface area contributed by atoms with Crippen LogP contribution in [0.25, 0.3) is 0 Å². The molecule has 3 heterocycles. The van der Waals surface area contributed by atoms with Crippen LogP contribution in [0.5, 0.6) is 5.75 Å². The van der Waals surface area contributed by atoms with Gasteiger partial charge in [-0.05, 0) is 76.7 Å². The Bertz CT molecular complexity index is 1310. The highest BCUT2D eigenvalue weighted by Gasteiger charge is 2.67. The predicted octanol–water partition coefficient (Wildman–Crippen LogP) is 4.46. The quantitative estimate of drug-likeness (QED) is 0.296. The molecule has 1 fully saturated rings. The smallest absolute Gasteiger partial charge is 0.471 e. The van der Waals surface area contributed by atoms with Gasteiger partial charge in [-0.15, -0.1) is 9.01 Å². The van der Waals surface area contributed by atoms with Gasteiger partial charge < -0.3 is 15.0 Å². The number of hydrogen-bond donors (Lipinski definition) is 3. The van der Waals surface area contributed by atoms with E-state index in [-0.39, 0.29) is 17.8 Å². The molecule has 2 aromatic rings. The van der Waals surface area contributed by atoms with Crippen LogP contribution in [0.15, 0.2) is 46.7 Å². The summed E-state index contributed by atoms with van der Waals surface area (Å²) in [7, 11) is 1.45. The average molecular weight is 543 g/mol. The van der Waals surface area contributed by atoms with Crippen molar-refractivity contribution >= 4 is 31.5 Å². The van der Waals surface area contributed by atoms with Crippen molar-refractivity contribution in [3.8, 4) is 5.75 Å². The molecule has 0 aromatic heterocycles. The number of nitrogens with zero attached hydrogens (tertiary/aromatic N) is 3. The van der Waals surface area contributed by atoms with E-state index >= 15 is 0 Å². The van der Waals surface area contributed by atoms with Crippen molar-refractivity contribution < 1.29 is 23.2 Å². The van der Waals surface area contributed by atoms with Gasteiger partial charge in [-0.2, -0.15) is 9.83 Å². The van der Waals surface area contributed by atoms with E-state index in [0.29, 0.717) is 19.1 Å². The van der Waals surface area contributed by atoms with Crippen LogP contribution in [0, 0.1) is 20.8 Å². The van der Waals surface area contributed by atoms with Crippen LogP contribution in [-0.4, -0.2) is 57.8 Å². The second-order valence-electron chi connectivity index (χ2n) is 10.0. The van der Waals surface area contributed by atoms with Crippen LogP contribution in [-0.2, 0) is 18.5 Å². The Morgan fingerprint density at radius 2 is 1.92 bits per heavy atom. The van der Waals surface area contributed by atoms with Crippen molar-refractivity contribution in [2.24, 2.45) is 4.99 Å². The molecule has 3 unspecified atom stereocenters. The standard InChI is InChI=1S/C26H35N6O5P/c1-17-11-21(12-18(2)20(17)4)29-26-28-14-19(3)25(30-37-26)32(26,16-36-38(33)35-10-9-31(5)6)22-7-8-24-23(13-22)27-15-34-24/h7-8,11-14,27,29-30H,9-10,15-16H2,1-6H3/q+2. The first-order valence-electron chi connectivity index (χ1n) is 12.5. The normalized spacial score (nSPS) is 23.7. The van der Waals surface area contributed by atoms with E-state index in [1.165, 1.54) is 5.56 Å². The fourth-order valence-electron chi connectivity index (χ4n) is 4.84. The third-order valence-electron chi connectivity index (χ3n) is 7.22. The molecule has 5 rings (SSSR count). The van der Waals surface area contributed by atoms with Crippen molar-refractivity contribution in [1.29, 1.82) is 0 Å². The van der Waals surface area contributed by atoms with Gasteiger partial charge in [-0.1, -0.05) is 4.52 Å². The summed E-state index contributed by atoms with van der Waals surface area (Å²) in [4.78, 5) is 13.1. The first-order valence-corrected chi connectivity index (χ1v) is 13.6. The molecule has 0 spiro atoms. The van der Waals surface area contributed by atoms with Crippen molar-refractivity contribution in [1.82, 2.24) is 14.9 Å². The number of aliphatic imine (C=N–C) groups is 1. The molecule has 3 aliphatic heterocycles. The first-order chi connectivity index (χ1) is 18.1. The second-order valence-corrected chi connectivity index (χ2v) is 11.0. The summed E-state index contributed by atoms with van der Waals surface area (Å²) in [5, 5.41) is 6.78. The molecule has 0 saturated carbocycles. The van der Waals surface area contributed by atoms with Crippen LogP contribution >= 0.6 is 8.25 Å². The predicted molar refractivity (Wildman–Crippen MR) is 148 cm³/mol. The lowest BCUT2D eigenvalue weighted by Gasteiger charge is -2.41. The molecule has 12 heteroatoms. The third-order valence-corrected chi connectivity index (χ3v) is 7.94. The summed E-state index contributed by atoms with van der Waals surface area (Å²) >= 11 is 0. The Balaban J connectivity index is 1.58. The third kappa shape index (κ3) is 4.55. The zero-order valence-electron chi connectivity index (χ0n) is 22.6. The number of hydroxylamine groups is 1. The first kappa shape index (κ1) is 26.6. The Morgan fingerprint density at radius 1 is 1.16 bits per heavy atom. The van der Waals surface area contributed by atoms with Crippen molar-refractivity contribution in [3.05, 3.63) is 58.4 Å². The molecule has 2 bridgehead atoms. The number of quaternary nitrogens is 1. The highest BCUT2D eigenvalue weighted by molar-refractivity contribution is 7.33. The van der Waals surface area contributed by atoms with Crippen molar-refractivity contribution in [2.45, 2.75) is 33.7 Å². The number of benzene rings is 2. The minimum absolute atomic E-state index is 0.0750.